The van der Waals surface area contributed by atoms with Gasteiger partial charge in [0.15, 0.2) is 4.77 Å². The van der Waals surface area contributed by atoms with Crippen LogP contribution in [-0.4, -0.2) is 73.3 Å². The van der Waals surface area contributed by atoms with Gasteiger partial charge in [0.25, 0.3) is 5.91 Å². The van der Waals surface area contributed by atoms with Gasteiger partial charge in [-0.15, -0.1) is 0 Å². The number of para-hydroxylation sites is 1. The van der Waals surface area contributed by atoms with Gasteiger partial charge in [-0.2, -0.15) is 18.3 Å². The molecule has 3 heterocycles. The van der Waals surface area contributed by atoms with Gasteiger partial charge in [0.05, 0.1) is 11.6 Å². The number of carboxylic acids is 1. The first kappa shape index (κ1) is 32.1. The molecule has 1 aliphatic heterocycles. The number of aromatic amines is 2. The minimum Gasteiger partial charge on any atom is -0.489 e. The fraction of sp³-hybridized carbons (Fsp3) is 0.310. The number of rotatable bonds is 6. The zero-order chi connectivity index (χ0) is 32.0. The quantitative estimate of drug-likeness (QED) is 0.224. The van der Waals surface area contributed by atoms with Gasteiger partial charge >= 0.3 is 12.1 Å². The lowest BCUT2D eigenvalue weighted by Gasteiger charge is -2.37. The van der Waals surface area contributed by atoms with E-state index in [0.29, 0.717) is 48.0 Å². The summed E-state index contributed by atoms with van der Waals surface area (Å²) in [5, 5.41) is 18.3. The van der Waals surface area contributed by atoms with Gasteiger partial charge in [-0.25, -0.2) is 4.79 Å². The number of pyridine rings is 1. The molecule has 232 valence electrons. The molecule has 0 aliphatic carbocycles. The minimum absolute atomic E-state index is 0.0219. The number of H-pyrrole nitrogens is 2. The zero-order valence-electron chi connectivity index (χ0n) is 23.6. The molecule has 1 fully saturated rings. The smallest absolute Gasteiger partial charge is 0.489 e. The predicted octanol–water partition coefficient (Wildman–Crippen LogP) is 4.67. The summed E-state index contributed by atoms with van der Waals surface area (Å²) in [6, 6.07) is 16.8. The van der Waals surface area contributed by atoms with Gasteiger partial charge in [-0.1, -0.05) is 18.2 Å². The molecule has 4 aromatic rings. The summed E-state index contributed by atoms with van der Waals surface area (Å²) >= 11 is 5.12. The third-order valence-electron chi connectivity index (χ3n) is 6.93. The van der Waals surface area contributed by atoms with Crippen LogP contribution in [0, 0.1) is 11.7 Å². The van der Waals surface area contributed by atoms with Crippen LogP contribution in [0.4, 0.5) is 13.2 Å². The first-order valence-corrected chi connectivity index (χ1v) is 13.8. The second kappa shape index (κ2) is 13.7. The second-order valence-corrected chi connectivity index (χ2v) is 10.5. The van der Waals surface area contributed by atoms with E-state index in [9.17, 15) is 22.8 Å². The Morgan fingerprint density at radius 1 is 1.16 bits per heavy atom. The van der Waals surface area contributed by atoms with Crippen LogP contribution in [0.1, 0.15) is 46.7 Å². The largest absolute Gasteiger partial charge is 0.490 e. The first-order valence-electron chi connectivity index (χ1n) is 13.4. The molecule has 0 spiro atoms. The maximum absolute atomic E-state index is 13.1. The molecule has 15 heteroatoms. The fourth-order valence-electron chi connectivity index (χ4n) is 4.80. The first-order chi connectivity index (χ1) is 20.8. The fourth-order valence-corrected chi connectivity index (χ4v) is 4.95. The monoisotopic (exact) mass is 630 g/mol. The Morgan fingerprint density at radius 2 is 1.84 bits per heavy atom. The number of halogens is 3. The maximum atomic E-state index is 13.1. The summed E-state index contributed by atoms with van der Waals surface area (Å²) in [6.07, 6.45) is -4.42. The number of amides is 2. The third kappa shape index (κ3) is 8.18. The number of carboxylic acid groups (broad SMARTS) is 1. The number of nitrogens with one attached hydrogen (secondary N) is 3. The van der Waals surface area contributed by atoms with Crippen molar-refractivity contribution < 1.29 is 37.4 Å². The number of aryl methyl sites for hydroxylation is 1. The van der Waals surface area contributed by atoms with E-state index in [1.54, 1.807) is 29.2 Å². The molecule has 2 aromatic carbocycles. The van der Waals surface area contributed by atoms with Crippen molar-refractivity contribution in [2.24, 2.45) is 0 Å². The third-order valence-corrected chi connectivity index (χ3v) is 7.12. The van der Waals surface area contributed by atoms with Crippen molar-refractivity contribution in [1.82, 2.24) is 30.4 Å². The van der Waals surface area contributed by atoms with Crippen molar-refractivity contribution in [3.63, 3.8) is 0 Å². The van der Waals surface area contributed by atoms with E-state index in [-0.39, 0.29) is 23.8 Å². The molecule has 0 radical (unpaired) electrons. The van der Waals surface area contributed by atoms with Gasteiger partial charge in [0.2, 0.25) is 5.91 Å². The molecular weight excluding hydrogens is 601 g/mol. The molecule has 0 saturated carbocycles. The highest BCUT2D eigenvalue weighted by atomic mass is 32.1. The number of carbonyl (C=O) groups excluding carboxylic acids is 2. The Bertz CT molecular complexity index is 1710. The number of carbonyl (C=O) groups is 3. The van der Waals surface area contributed by atoms with E-state index in [0.717, 1.165) is 22.2 Å². The second-order valence-electron chi connectivity index (χ2n) is 10.1. The van der Waals surface area contributed by atoms with Crippen LogP contribution in [0.15, 0.2) is 54.6 Å². The summed E-state index contributed by atoms with van der Waals surface area (Å²) in [5.41, 5.74) is 3.44. The number of ether oxygens (including phenoxy) is 1. The normalized spacial score (nSPS) is 16.5. The summed E-state index contributed by atoms with van der Waals surface area (Å²) in [6.45, 7) is 4.90. The van der Waals surface area contributed by atoms with Crippen LogP contribution in [-0.2, 0) is 16.2 Å². The number of aromatic nitrogens is 4. The van der Waals surface area contributed by atoms with Gasteiger partial charge in [-0.3, -0.25) is 19.7 Å². The summed E-state index contributed by atoms with van der Waals surface area (Å²) in [5.74, 6) is -1.75. The van der Waals surface area contributed by atoms with Crippen molar-refractivity contribution in [3.8, 4) is 5.75 Å². The number of nitrogens with zero attached hydrogens (tertiary/aromatic N) is 3. The number of benzene rings is 2. The van der Waals surface area contributed by atoms with Gasteiger partial charge < -0.3 is 25.0 Å². The standard InChI is InChI=1S/C27H28N6O3S.C2HF3O2/c1-16-13-19(21-5-3-4-6-23(21)28-16)15-36-20-9-7-18(8-10-20)26(35)29-24-14-33(17(2)34)12-11-22(24)25-30-27(37)32-31-25;3-2(4,5)1(6)7/h3-10,13,22,24H,11-12,14-15H2,1-2H3,(H,29,35)(H2,30,31,32,37);(H,6,7). The Labute approximate surface area is 254 Å². The Morgan fingerprint density at radius 3 is 2.45 bits per heavy atom. The van der Waals surface area contributed by atoms with Crippen LogP contribution in [0.25, 0.3) is 10.9 Å². The van der Waals surface area contributed by atoms with Crippen molar-refractivity contribution in [3.05, 3.63) is 82.0 Å². The summed E-state index contributed by atoms with van der Waals surface area (Å²) < 4.78 is 38.2. The van der Waals surface area contributed by atoms with Crippen LogP contribution in [0.2, 0.25) is 0 Å². The molecule has 1 aliphatic rings. The molecule has 5 rings (SSSR count). The van der Waals surface area contributed by atoms with Crippen molar-refractivity contribution in [2.45, 2.75) is 45.0 Å². The van der Waals surface area contributed by atoms with E-state index in [4.69, 9.17) is 26.9 Å². The van der Waals surface area contributed by atoms with Crippen LogP contribution >= 0.6 is 12.2 Å². The van der Waals surface area contributed by atoms with E-state index >= 15 is 0 Å². The molecule has 1 saturated heterocycles. The van der Waals surface area contributed by atoms with Crippen molar-refractivity contribution in [1.29, 1.82) is 0 Å². The molecule has 2 amide bonds. The molecule has 2 aromatic heterocycles. The number of hydrogen-bond donors (Lipinski definition) is 4. The summed E-state index contributed by atoms with van der Waals surface area (Å²) in [7, 11) is 0. The molecular formula is C29H29F3N6O5S. The van der Waals surface area contributed by atoms with E-state index < -0.39 is 12.1 Å². The van der Waals surface area contributed by atoms with Gasteiger partial charge in [0, 0.05) is 48.1 Å². The lowest BCUT2D eigenvalue weighted by atomic mass is 9.90. The topological polar surface area (TPSA) is 153 Å². The highest BCUT2D eigenvalue weighted by molar-refractivity contribution is 7.71. The van der Waals surface area contributed by atoms with Crippen LogP contribution in [0.5, 0.6) is 5.75 Å². The molecule has 2 atom stereocenters. The van der Waals surface area contributed by atoms with Crippen LogP contribution < -0.4 is 10.1 Å². The predicted molar refractivity (Wildman–Crippen MR) is 156 cm³/mol. The van der Waals surface area contributed by atoms with E-state index in [1.165, 1.54) is 6.92 Å². The number of aliphatic carboxylic acids is 1. The average molecular weight is 631 g/mol. The highest BCUT2D eigenvalue weighted by Gasteiger charge is 2.38. The Kier molecular flexibility index (Phi) is 9.98. The molecule has 11 nitrogen and oxygen atoms in total. The van der Waals surface area contributed by atoms with Crippen molar-refractivity contribution >= 4 is 40.9 Å². The minimum atomic E-state index is -5.08. The molecule has 44 heavy (non-hydrogen) atoms. The number of hydrogen-bond acceptors (Lipinski definition) is 7. The Hall–Kier alpha value is -4.79. The van der Waals surface area contributed by atoms with E-state index in [2.05, 4.69) is 25.5 Å². The van der Waals surface area contributed by atoms with Gasteiger partial charge in [-0.05, 0) is 62.0 Å². The Balaban J connectivity index is 0.000000566. The number of fused-ring (bicyclic) bond motifs is 1. The van der Waals surface area contributed by atoms with E-state index in [1.807, 2.05) is 37.3 Å². The molecule has 4 N–H and O–H groups in total. The zero-order valence-corrected chi connectivity index (χ0v) is 24.5. The number of piperidine rings is 1. The summed E-state index contributed by atoms with van der Waals surface area (Å²) in [4.78, 5) is 43.4. The van der Waals surface area contributed by atoms with Crippen molar-refractivity contribution in [2.75, 3.05) is 13.1 Å². The molecule has 0 bridgehead atoms. The molecule has 2 unspecified atom stereocenters. The number of likely N-dealkylation sites (tertiary alicyclic amines) is 1. The van der Waals surface area contributed by atoms with Crippen LogP contribution in [0.3, 0.4) is 0 Å². The lowest BCUT2D eigenvalue weighted by Crippen LogP contribution is -2.53. The van der Waals surface area contributed by atoms with Gasteiger partial charge in [0.1, 0.15) is 18.2 Å². The highest BCUT2D eigenvalue weighted by Crippen LogP contribution is 2.27. The number of alkyl halides is 3. The SMILES string of the molecule is CC(=O)N1CCC(c2n[nH]c(=S)[nH]2)C(NC(=O)c2ccc(OCc3cc(C)nc4ccccc34)cc2)C1.O=C(O)C(F)(F)F. The lowest BCUT2D eigenvalue weighted by molar-refractivity contribution is -0.192. The maximum Gasteiger partial charge on any atom is 0.490 e. The average Bonchev–Trinajstić information content (AvgIpc) is 3.41.